The molecule has 0 bridgehead atoms. The molecule has 0 saturated carbocycles. The number of aromatic nitrogens is 1. The molecule has 0 spiro atoms. The van der Waals surface area contributed by atoms with Crippen molar-refractivity contribution in [2.24, 2.45) is 0 Å². The van der Waals surface area contributed by atoms with Gasteiger partial charge in [0.2, 0.25) is 5.88 Å². The average molecular weight is 228 g/mol. The molecule has 0 unspecified atom stereocenters. The fourth-order valence-electron chi connectivity index (χ4n) is 0.743. The zero-order chi connectivity index (χ0) is 10.0. The molecular weight excluding hydrogens is 223 g/mol. The van der Waals surface area contributed by atoms with E-state index in [1.165, 1.54) is 13.2 Å². The largest absolute Gasteiger partial charge is 0.481 e. The van der Waals surface area contributed by atoms with Gasteiger partial charge in [0, 0.05) is 6.07 Å². The maximum Gasteiger partial charge on any atom is 0.282 e. The Labute approximate surface area is 83.4 Å². The van der Waals surface area contributed by atoms with E-state index in [4.69, 9.17) is 23.2 Å². The maximum absolute atomic E-state index is 12.3. The Balaban J connectivity index is 3.25. The monoisotopic (exact) mass is 227 g/mol. The van der Waals surface area contributed by atoms with Gasteiger partial charge in [0.25, 0.3) is 6.43 Å². The Kier molecular flexibility index (Phi) is 3.27. The second kappa shape index (κ2) is 4.07. The number of nitrogens with zero attached hydrogens (tertiary/aromatic N) is 1. The fourth-order valence-corrected chi connectivity index (χ4v) is 1.11. The molecule has 1 aromatic heterocycles. The van der Waals surface area contributed by atoms with Crippen LogP contribution in [0.25, 0.3) is 0 Å². The molecule has 0 radical (unpaired) electrons. The van der Waals surface area contributed by atoms with E-state index in [0.717, 1.165) is 0 Å². The van der Waals surface area contributed by atoms with Crippen molar-refractivity contribution in [3.05, 3.63) is 21.8 Å². The first-order valence-electron chi connectivity index (χ1n) is 3.24. The van der Waals surface area contributed by atoms with Crippen LogP contribution in [0.3, 0.4) is 0 Å². The molecule has 0 amide bonds. The third kappa shape index (κ3) is 2.19. The summed E-state index contributed by atoms with van der Waals surface area (Å²) in [6, 6.07) is 1.27. The van der Waals surface area contributed by atoms with Gasteiger partial charge < -0.3 is 4.74 Å². The molecule has 0 fully saturated rings. The Morgan fingerprint density at radius 2 is 2.08 bits per heavy atom. The summed E-state index contributed by atoms with van der Waals surface area (Å²) in [6.45, 7) is 0. The van der Waals surface area contributed by atoms with Crippen LogP contribution in [0.4, 0.5) is 8.78 Å². The molecule has 0 atom stereocenters. The number of rotatable bonds is 2. The van der Waals surface area contributed by atoms with Gasteiger partial charge in [-0.1, -0.05) is 23.2 Å². The molecule has 1 aromatic rings. The van der Waals surface area contributed by atoms with Crippen LogP contribution in [-0.4, -0.2) is 12.1 Å². The highest BCUT2D eigenvalue weighted by Crippen LogP contribution is 2.33. The van der Waals surface area contributed by atoms with Crippen molar-refractivity contribution in [3.63, 3.8) is 0 Å². The Morgan fingerprint density at radius 3 is 2.54 bits per heavy atom. The van der Waals surface area contributed by atoms with Gasteiger partial charge in [-0.3, -0.25) is 0 Å². The van der Waals surface area contributed by atoms with Gasteiger partial charge in [-0.05, 0) is 0 Å². The molecular formula is C7H5Cl2F2NO. The summed E-state index contributed by atoms with van der Waals surface area (Å²) in [5.41, 5.74) is -0.564. The van der Waals surface area contributed by atoms with Crippen molar-refractivity contribution >= 4 is 23.2 Å². The summed E-state index contributed by atoms with van der Waals surface area (Å²) < 4.78 is 29.2. The lowest BCUT2D eigenvalue weighted by atomic mass is 10.3. The molecule has 13 heavy (non-hydrogen) atoms. The van der Waals surface area contributed by atoms with Gasteiger partial charge in [-0.15, -0.1) is 0 Å². The van der Waals surface area contributed by atoms with Crippen molar-refractivity contribution in [1.29, 1.82) is 0 Å². The van der Waals surface area contributed by atoms with E-state index in [0.29, 0.717) is 0 Å². The lowest BCUT2D eigenvalue weighted by Gasteiger charge is -2.06. The van der Waals surface area contributed by atoms with E-state index in [2.05, 4.69) is 9.72 Å². The summed E-state index contributed by atoms with van der Waals surface area (Å²) in [5, 5.41) is -0.235. The van der Waals surface area contributed by atoms with Gasteiger partial charge in [-0.25, -0.2) is 13.8 Å². The van der Waals surface area contributed by atoms with E-state index in [1.807, 2.05) is 0 Å². The third-order valence-electron chi connectivity index (χ3n) is 1.33. The van der Waals surface area contributed by atoms with Crippen LogP contribution in [0.15, 0.2) is 6.07 Å². The van der Waals surface area contributed by atoms with Gasteiger partial charge in [0.15, 0.2) is 0 Å². The molecule has 0 aliphatic rings. The zero-order valence-electron chi connectivity index (χ0n) is 6.52. The summed E-state index contributed by atoms with van der Waals surface area (Å²) >= 11 is 11.0. The second-order valence-electron chi connectivity index (χ2n) is 2.15. The standard InChI is InChI=1S/C7H5Cl2F2NO/c1-13-4-2-3(8)5(9)6(12-4)7(10)11/h2,7H,1H3. The molecule has 6 heteroatoms. The number of hydrogen-bond acceptors (Lipinski definition) is 2. The van der Waals surface area contributed by atoms with Crippen molar-refractivity contribution in [2.75, 3.05) is 7.11 Å². The van der Waals surface area contributed by atoms with Gasteiger partial charge >= 0.3 is 0 Å². The number of hydrogen-bond donors (Lipinski definition) is 0. The normalized spacial score (nSPS) is 10.6. The van der Waals surface area contributed by atoms with E-state index < -0.39 is 12.1 Å². The predicted octanol–water partition coefficient (Wildman–Crippen LogP) is 3.33. The Bertz CT molecular complexity index is 320. The minimum absolute atomic E-state index is 0.00353. The van der Waals surface area contributed by atoms with Crippen LogP contribution in [0.5, 0.6) is 5.88 Å². The number of pyridine rings is 1. The van der Waals surface area contributed by atoms with Crippen LogP contribution >= 0.6 is 23.2 Å². The van der Waals surface area contributed by atoms with E-state index >= 15 is 0 Å². The van der Waals surface area contributed by atoms with E-state index in [1.54, 1.807) is 0 Å². The van der Waals surface area contributed by atoms with Crippen LogP contribution in [0.2, 0.25) is 10.0 Å². The molecule has 0 saturated heterocycles. The first kappa shape index (κ1) is 10.5. The molecule has 2 nitrogen and oxygen atoms in total. The number of methoxy groups -OCH3 is 1. The summed E-state index contributed by atoms with van der Waals surface area (Å²) in [5.74, 6) is 0.0182. The van der Waals surface area contributed by atoms with Crippen molar-refractivity contribution in [3.8, 4) is 5.88 Å². The highest BCUT2D eigenvalue weighted by atomic mass is 35.5. The molecule has 0 aliphatic heterocycles. The first-order chi connectivity index (χ1) is 6.06. The van der Waals surface area contributed by atoms with Gasteiger partial charge in [0.05, 0.1) is 17.2 Å². The lowest BCUT2D eigenvalue weighted by Crippen LogP contribution is -1.96. The van der Waals surface area contributed by atoms with E-state index in [-0.39, 0.29) is 15.9 Å². The van der Waals surface area contributed by atoms with Crippen molar-refractivity contribution < 1.29 is 13.5 Å². The number of ether oxygens (including phenoxy) is 1. The molecule has 0 aromatic carbocycles. The maximum atomic E-state index is 12.3. The molecule has 72 valence electrons. The van der Waals surface area contributed by atoms with Crippen LogP contribution < -0.4 is 4.74 Å². The minimum Gasteiger partial charge on any atom is -0.481 e. The SMILES string of the molecule is COc1cc(Cl)c(Cl)c(C(F)F)n1. The van der Waals surface area contributed by atoms with Crippen LogP contribution in [0.1, 0.15) is 12.1 Å². The van der Waals surface area contributed by atoms with Crippen LogP contribution in [-0.2, 0) is 0 Å². The topological polar surface area (TPSA) is 22.1 Å². The van der Waals surface area contributed by atoms with E-state index in [9.17, 15) is 8.78 Å². The Hall–Kier alpha value is -0.610. The lowest BCUT2D eigenvalue weighted by molar-refractivity contribution is 0.145. The smallest absolute Gasteiger partial charge is 0.282 e. The highest BCUT2D eigenvalue weighted by Gasteiger charge is 2.18. The number of halogens is 4. The molecule has 1 rings (SSSR count). The van der Waals surface area contributed by atoms with Crippen molar-refractivity contribution in [2.45, 2.75) is 6.43 Å². The summed E-state index contributed by atoms with van der Waals surface area (Å²) in [7, 11) is 1.31. The quantitative estimate of drug-likeness (QED) is 0.774. The minimum atomic E-state index is -2.76. The van der Waals surface area contributed by atoms with Crippen LogP contribution in [0, 0.1) is 0 Å². The number of alkyl halides is 2. The molecule has 0 N–H and O–H groups in total. The first-order valence-corrected chi connectivity index (χ1v) is 4.00. The predicted molar refractivity (Wildman–Crippen MR) is 45.8 cm³/mol. The second-order valence-corrected chi connectivity index (χ2v) is 2.93. The molecule has 0 aliphatic carbocycles. The highest BCUT2D eigenvalue weighted by molar-refractivity contribution is 6.42. The van der Waals surface area contributed by atoms with Gasteiger partial charge in [0.1, 0.15) is 5.69 Å². The fraction of sp³-hybridized carbons (Fsp3) is 0.286. The van der Waals surface area contributed by atoms with Crippen molar-refractivity contribution in [1.82, 2.24) is 4.98 Å². The van der Waals surface area contributed by atoms with Gasteiger partial charge in [-0.2, -0.15) is 0 Å². The zero-order valence-corrected chi connectivity index (χ0v) is 8.03. The Morgan fingerprint density at radius 1 is 1.46 bits per heavy atom. The third-order valence-corrected chi connectivity index (χ3v) is 2.12. The average Bonchev–Trinajstić information content (AvgIpc) is 2.09. The molecule has 1 heterocycles. The summed E-state index contributed by atoms with van der Waals surface area (Å²) in [6.07, 6.45) is -2.76. The summed E-state index contributed by atoms with van der Waals surface area (Å²) in [4.78, 5) is 3.46.